The molecule has 1 radical (unpaired) electrons. The summed E-state index contributed by atoms with van der Waals surface area (Å²) in [5.74, 6) is 0. The number of nitrogens with one attached hydrogen (secondary N) is 1. The second-order valence-corrected chi connectivity index (χ2v) is 23.2. The molecule has 1 aliphatic carbocycles. The first-order valence-corrected chi connectivity index (χ1v) is 24.8. The van der Waals surface area contributed by atoms with Crippen LogP contribution >= 0.6 is 22.7 Å². The first kappa shape index (κ1) is 39.9. The van der Waals surface area contributed by atoms with E-state index in [1.165, 1.54) is 108 Å². The molecule has 0 fully saturated rings. The Hall–Kier alpha value is -6.47. The van der Waals surface area contributed by atoms with Crippen molar-refractivity contribution in [3.8, 4) is 38.5 Å². The normalized spacial score (nSPS) is 14.0. The molecule has 13 rings (SSSR count). The Balaban J connectivity index is 1.18. The SMILES string of the molecule is CC(C)(C)c1ccc(Nc2cc3sc4ccccc4c3cc2-c2c3c(c4c5cc(C(C)(C)C)ccc5n5c4c2[B]c2cc4nc(-c6ccccc6)sc4cc2-5)-c2ccccc2C3(C)C)cc1. The maximum atomic E-state index is 5.29. The Bertz CT molecular complexity index is 3850. The third-order valence-electron chi connectivity index (χ3n) is 14.5. The van der Waals surface area contributed by atoms with Gasteiger partial charge in [-0.15, -0.1) is 22.7 Å². The lowest BCUT2D eigenvalue weighted by Gasteiger charge is -2.30. The van der Waals surface area contributed by atoms with E-state index in [0.717, 1.165) is 27.5 Å². The molecule has 66 heavy (non-hydrogen) atoms. The van der Waals surface area contributed by atoms with Crippen LogP contribution in [0.4, 0.5) is 11.4 Å². The number of benzene rings is 8. The van der Waals surface area contributed by atoms with Crippen molar-refractivity contribution >= 4 is 104 Å². The highest BCUT2D eigenvalue weighted by Crippen LogP contribution is 2.58. The van der Waals surface area contributed by atoms with Crippen molar-refractivity contribution in [2.75, 3.05) is 5.32 Å². The molecule has 6 heteroatoms. The maximum absolute atomic E-state index is 5.29. The minimum atomic E-state index is -0.309. The van der Waals surface area contributed by atoms with Crippen molar-refractivity contribution in [1.82, 2.24) is 9.55 Å². The number of nitrogens with zero attached hydrogens (tertiary/aromatic N) is 2. The topological polar surface area (TPSA) is 29.9 Å². The summed E-state index contributed by atoms with van der Waals surface area (Å²) in [6.45, 7) is 18.8. The molecule has 0 atom stereocenters. The van der Waals surface area contributed by atoms with Crippen LogP contribution in [0.1, 0.15) is 77.6 Å². The van der Waals surface area contributed by atoms with E-state index in [9.17, 15) is 0 Å². The molecule has 11 aromatic rings. The molecule has 0 saturated carbocycles. The summed E-state index contributed by atoms with van der Waals surface area (Å²) in [5, 5.41) is 10.3. The Morgan fingerprint density at radius 1 is 0.606 bits per heavy atom. The van der Waals surface area contributed by atoms with Gasteiger partial charge >= 0.3 is 0 Å². The molecule has 4 heterocycles. The highest BCUT2D eigenvalue weighted by molar-refractivity contribution is 7.25. The van der Waals surface area contributed by atoms with Gasteiger partial charge in [0.05, 0.1) is 15.7 Å². The molecule has 2 aliphatic rings. The molecular weight excluding hydrogens is 838 g/mol. The summed E-state index contributed by atoms with van der Waals surface area (Å²) < 4.78 is 6.38. The van der Waals surface area contributed by atoms with Crippen molar-refractivity contribution in [3.05, 3.63) is 168 Å². The molecule has 0 spiro atoms. The van der Waals surface area contributed by atoms with Gasteiger partial charge in [0.25, 0.3) is 0 Å². The first-order chi connectivity index (χ1) is 31.7. The molecule has 0 saturated heterocycles. The fourth-order valence-corrected chi connectivity index (χ4v) is 13.3. The molecule has 0 amide bonds. The molecule has 8 aromatic carbocycles. The van der Waals surface area contributed by atoms with E-state index < -0.39 is 0 Å². The highest BCUT2D eigenvalue weighted by Gasteiger charge is 2.43. The minimum Gasteiger partial charge on any atom is -0.355 e. The summed E-state index contributed by atoms with van der Waals surface area (Å²) >= 11 is 3.66. The summed E-state index contributed by atoms with van der Waals surface area (Å²) in [6, 6.07) is 54.8. The van der Waals surface area contributed by atoms with Crippen molar-refractivity contribution in [2.45, 2.75) is 71.6 Å². The number of fused-ring (bicyclic) bond motifs is 13. The maximum Gasteiger partial charge on any atom is 0.198 e. The van der Waals surface area contributed by atoms with Gasteiger partial charge in [-0.1, -0.05) is 152 Å². The van der Waals surface area contributed by atoms with Crippen LogP contribution in [0.3, 0.4) is 0 Å². The molecule has 3 aromatic heterocycles. The Kier molecular flexibility index (Phi) is 8.33. The van der Waals surface area contributed by atoms with Gasteiger partial charge in [0.2, 0.25) is 0 Å². The van der Waals surface area contributed by atoms with Gasteiger partial charge in [-0.3, -0.25) is 0 Å². The quantitative estimate of drug-likeness (QED) is 0.178. The molecular formula is C60H49BN3S2. The lowest BCUT2D eigenvalue weighted by molar-refractivity contribution is 0.590. The van der Waals surface area contributed by atoms with Crippen molar-refractivity contribution < 1.29 is 0 Å². The molecule has 1 aliphatic heterocycles. The van der Waals surface area contributed by atoms with E-state index >= 15 is 0 Å². The summed E-state index contributed by atoms with van der Waals surface area (Å²) in [5.41, 5.74) is 20.9. The van der Waals surface area contributed by atoms with Gasteiger partial charge in [-0.2, -0.15) is 0 Å². The van der Waals surface area contributed by atoms with Gasteiger partial charge in [0.1, 0.15) is 5.01 Å². The Morgan fingerprint density at radius 2 is 1.33 bits per heavy atom. The van der Waals surface area contributed by atoms with Crippen molar-refractivity contribution in [2.24, 2.45) is 0 Å². The van der Waals surface area contributed by atoms with Crippen LogP contribution < -0.4 is 16.2 Å². The molecule has 0 unspecified atom stereocenters. The van der Waals surface area contributed by atoms with E-state index in [1.54, 1.807) is 11.3 Å². The second kappa shape index (κ2) is 13.8. The fourth-order valence-electron chi connectivity index (χ4n) is 11.2. The Morgan fingerprint density at radius 3 is 2.12 bits per heavy atom. The second-order valence-electron chi connectivity index (χ2n) is 21.1. The molecule has 1 N–H and O–H groups in total. The number of hydrogen-bond donors (Lipinski definition) is 1. The number of thiophene rings is 1. The van der Waals surface area contributed by atoms with Gasteiger partial charge < -0.3 is 9.88 Å². The summed E-state index contributed by atoms with van der Waals surface area (Å²) in [7, 11) is 2.51. The van der Waals surface area contributed by atoms with Crippen molar-refractivity contribution in [3.63, 3.8) is 0 Å². The standard InChI is InChI=1S/C60H49BN3S2/c1-58(2,3)34-22-25-36(26-23-34)62-44-31-49-39(37-18-13-15-21-48(37)65-49)29-40(44)53-54-51(38-19-12-14-20-42(38)60(54,7)8)52-41-28-35(59(4,5)6)24-27-46(41)64-47-32-50-45(30-43(47)61-55(53)56(52)64)63-57(66-50)33-16-10-9-11-17-33/h9-32,62H,1-8H3. The van der Waals surface area contributed by atoms with Crippen LogP contribution in [-0.4, -0.2) is 16.8 Å². The predicted octanol–water partition coefficient (Wildman–Crippen LogP) is 15.7. The van der Waals surface area contributed by atoms with E-state index in [1.807, 2.05) is 11.3 Å². The van der Waals surface area contributed by atoms with E-state index in [2.05, 4.69) is 218 Å². The summed E-state index contributed by atoms with van der Waals surface area (Å²) in [4.78, 5) is 5.29. The van der Waals surface area contributed by atoms with Crippen LogP contribution in [0.25, 0.3) is 90.7 Å². The average molecular weight is 887 g/mol. The predicted molar refractivity (Wildman–Crippen MR) is 287 cm³/mol. The fraction of sp³-hybridized carbons (Fsp3) is 0.183. The third kappa shape index (κ3) is 5.77. The number of hydrogen-bond acceptors (Lipinski definition) is 4. The molecule has 319 valence electrons. The summed E-state index contributed by atoms with van der Waals surface area (Å²) in [6.07, 6.45) is 0. The number of anilines is 2. The van der Waals surface area contributed by atoms with Gasteiger partial charge in [-0.25, -0.2) is 4.98 Å². The smallest absolute Gasteiger partial charge is 0.198 e. The number of aromatic nitrogens is 2. The minimum absolute atomic E-state index is 0.0248. The van der Waals surface area contributed by atoms with Gasteiger partial charge in [0.15, 0.2) is 7.28 Å². The van der Waals surface area contributed by atoms with Gasteiger partial charge in [0, 0.05) is 70.1 Å². The average Bonchev–Trinajstić information content (AvgIpc) is 4.04. The zero-order valence-corrected chi connectivity index (χ0v) is 40.3. The number of rotatable bonds is 4. The van der Waals surface area contributed by atoms with E-state index in [4.69, 9.17) is 4.98 Å². The van der Waals surface area contributed by atoms with Crippen LogP contribution in [0, 0.1) is 0 Å². The molecule has 0 bridgehead atoms. The van der Waals surface area contributed by atoms with Crippen LogP contribution in [0.5, 0.6) is 0 Å². The lowest BCUT2D eigenvalue weighted by atomic mass is 9.57. The van der Waals surface area contributed by atoms with Crippen LogP contribution in [-0.2, 0) is 16.2 Å². The zero-order valence-electron chi connectivity index (χ0n) is 38.6. The Labute approximate surface area is 395 Å². The van der Waals surface area contributed by atoms with Gasteiger partial charge in [-0.05, 0) is 110 Å². The third-order valence-corrected chi connectivity index (χ3v) is 16.7. The van der Waals surface area contributed by atoms with Crippen molar-refractivity contribution in [1.29, 1.82) is 0 Å². The largest absolute Gasteiger partial charge is 0.355 e. The van der Waals surface area contributed by atoms with E-state index in [-0.39, 0.29) is 16.2 Å². The highest BCUT2D eigenvalue weighted by atomic mass is 32.1. The molecule has 3 nitrogen and oxygen atoms in total. The lowest BCUT2D eigenvalue weighted by Crippen LogP contribution is -2.38. The monoisotopic (exact) mass is 886 g/mol. The first-order valence-electron chi connectivity index (χ1n) is 23.2. The van der Waals surface area contributed by atoms with Crippen LogP contribution in [0.15, 0.2) is 146 Å². The van der Waals surface area contributed by atoms with E-state index in [0.29, 0.717) is 0 Å². The van der Waals surface area contributed by atoms with Crippen LogP contribution in [0.2, 0.25) is 0 Å². The zero-order chi connectivity index (χ0) is 45.0. The number of thiazole rings is 1.